The number of H-pyrrole nitrogens is 1. The molecule has 0 spiro atoms. The second kappa shape index (κ2) is 14.3. The number of carbonyl (C=O) groups excluding carboxylic acids is 1. The summed E-state index contributed by atoms with van der Waals surface area (Å²) in [6.45, 7) is 2.26. The number of hydrogen-bond donors (Lipinski definition) is 2. The maximum Gasteiger partial charge on any atom is 0.239 e. The Labute approximate surface area is 200 Å². The molecular weight excluding hydrogens is 430 g/mol. The largest absolute Gasteiger partial charge is 0.450 e. The average Bonchev–Trinajstić information content (AvgIpc) is 3.38. The third kappa shape index (κ3) is 8.08. The van der Waals surface area contributed by atoms with E-state index >= 15 is 0 Å². The number of aromatic nitrogens is 4. The number of anilines is 1. The number of nitrogens with one attached hydrogen (secondary N) is 2. The normalized spacial score (nSPS) is 11.2. The van der Waals surface area contributed by atoms with Gasteiger partial charge in [0.05, 0.1) is 11.1 Å². The Morgan fingerprint density at radius 3 is 2.21 bits per heavy atom. The van der Waals surface area contributed by atoms with Crippen LogP contribution in [-0.2, 0) is 4.79 Å². The van der Waals surface area contributed by atoms with E-state index < -0.39 is 0 Å². The molecule has 3 aromatic rings. The minimum absolute atomic E-state index is 0.0804. The SMILES string of the molecule is CCCCCCCCCCCCCCCC(=O)Nc1cccc2c(=O)cc(-c3nn[nH]n3)oc12. The second-order valence-electron chi connectivity index (χ2n) is 8.93. The van der Waals surface area contributed by atoms with Crippen molar-refractivity contribution in [2.45, 2.75) is 96.8 Å². The Bertz CT molecular complexity index is 1060. The number of benzene rings is 1. The van der Waals surface area contributed by atoms with Gasteiger partial charge in [0.25, 0.3) is 0 Å². The quantitative estimate of drug-likeness (QED) is 0.236. The molecule has 1 aromatic carbocycles. The molecule has 0 bridgehead atoms. The number of fused-ring (bicyclic) bond motifs is 1. The lowest BCUT2D eigenvalue weighted by molar-refractivity contribution is -0.116. The highest BCUT2D eigenvalue weighted by atomic mass is 16.3. The molecule has 0 atom stereocenters. The van der Waals surface area contributed by atoms with Gasteiger partial charge >= 0.3 is 0 Å². The molecule has 0 aliphatic heterocycles. The molecule has 2 heterocycles. The topological polar surface area (TPSA) is 114 Å². The van der Waals surface area contributed by atoms with E-state index in [1.807, 2.05) is 0 Å². The van der Waals surface area contributed by atoms with Crippen LogP contribution in [0.3, 0.4) is 0 Å². The zero-order valence-electron chi connectivity index (χ0n) is 20.3. The van der Waals surface area contributed by atoms with Gasteiger partial charge in [0.15, 0.2) is 16.8 Å². The monoisotopic (exact) mass is 467 g/mol. The van der Waals surface area contributed by atoms with Crippen molar-refractivity contribution >= 4 is 22.6 Å². The van der Waals surface area contributed by atoms with Crippen LogP contribution in [0.1, 0.15) is 96.8 Å². The minimum atomic E-state index is -0.228. The summed E-state index contributed by atoms with van der Waals surface area (Å²) >= 11 is 0. The van der Waals surface area contributed by atoms with E-state index in [4.69, 9.17) is 4.42 Å². The second-order valence-corrected chi connectivity index (χ2v) is 8.93. The van der Waals surface area contributed by atoms with Gasteiger partial charge < -0.3 is 9.73 Å². The number of tetrazole rings is 1. The standard InChI is InChI=1S/C26H37N5O3/c1-2-3-4-5-6-7-8-9-10-11-12-13-14-18-24(33)27-21-17-15-16-20-22(32)19-23(34-25(20)21)26-28-30-31-29-26/h15-17,19H,2-14,18H2,1H3,(H,27,33)(H,28,29,30,31). The van der Waals surface area contributed by atoms with Crippen LogP contribution in [0.25, 0.3) is 22.6 Å². The predicted molar refractivity (Wildman–Crippen MR) is 135 cm³/mol. The molecule has 2 aromatic heterocycles. The maximum absolute atomic E-state index is 12.5. The lowest BCUT2D eigenvalue weighted by Crippen LogP contribution is -2.12. The van der Waals surface area contributed by atoms with Crippen molar-refractivity contribution in [3.63, 3.8) is 0 Å². The lowest BCUT2D eigenvalue weighted by atomic mass is 10.0. The van der Waals surface area contributed by atoms with E-state index in [1.165, 1.54) is 76.7 Å². The fourth-order valence-electron chi connectivity index (χ4n) is 4.17. The zero-order valence-corrected chi connectivity index (χ0v) is 20.3. The number of unbranched alkanes of at least 4 members (excludes halogenated alkanes) is 12. The first-order chi connectivity index (χ1) is 16.7. The van der Waals surface area contributed by atoms with Crippen LogP contribution >= 0.6 is 0 Å². The van der Waals surface area contributed by atoms with Gasteiger partial charge in [0.2, 0.25) is 11.7 Å². The first kappa shape index (κ1) is 25.6. The summed E-state index contributed by atoms with van der Waals surface area (Å²) in [6.07, 6.45) is 16.9. The third-order valence-electron chi connectivity index (χ3n) is 6.10. The molecule has 0 unspecified atom stereocenters. The molecule has 34 heavy (non-hydrogen) atoms. The first-order valence-electron chi connectivity index (χ1n) is 12.8. The zero-order chi connectivity index (χ0) is 24.0. The minimum Gasteiger partial charge on any atom is -0.450 e. The summed E-state index contributed by atoms with van der Waals surface area (Å²) in [7, 11) is 0. The van der Waals surface area contributed by atoms with Gasteiger partial charge in [-0.25, -0.2) is 0 Å². The summed E-state index contributed by atoms with van der Waals surface area (Å²) in [5.74, 6) is 0.305. The predicted octanol–water partition coefficient (Wildman–Crippen LogP) is 6.39. The Morgan fingerprint density at radius 2 is 1.59 bits per heavy atom. The molecule has 0 saturated carbocycles. The van der Waals surface area contributed by atoms with Gasteiger partial charge in [-0.15, -0.1) is 10.2 Å². The highest BCUT2D eigenvalue weighted by Crippen LogP contribution is 2.25. The molecule has 2 N–H and O–H groups in total. The molecule has 0 aliphatic rings. The summed E-state index contributed by atoms with van der Waals surface area (Å²) in [6, 6.07) is 6.46. The lowest BCUT2D eigenvalue weighted by Gasteiger charge is -2.08. The Balaban J connectivity index is 1.36. The van der Waals surface area contributed by atoms with Gasteiger partial charge in [-0.2, -0.15) is 5.21 Å². The van der Waals surface area contributed by atoms with Crippen molar-refractivity contribution in [2.75, 3.05) is 5.32 Å². The molecule has 0 aliphatic carbocycles. The van der Waals surface area contributed by atoms with E-state index in [1.54, 1.807) is 18.2 Å². The van der Waals surface area contributed by atoms with Crippen molar-refractivity contribution in [1.82, 2.24) is 20.6 Å². The van der Waals surface area contributed by atoms with Gasteiger partial charge in [-0.3, -0.25) is 9.59 Å². The van der Waals surface area contributed by atoms with Crippen LogP contribution in [-0.4, -0.2) is 26.5 Å². The molecule has 8 nitrogen and oxygen atoms in total. The fourth-order valence-corrected chi connectivity index (χ4v) is 4.17. The number of nitrogens with zero attached hydrogens (tertiary/aromatic N) is 3. The number of rotatable bonds is 16. The molecular formula is C26H37N5O3. The number of amides is 1. The van der Waals surface area contributed by atoms with Crippen LogP contribution in [0.4, 0.5) is 5.69 Å². The summed E-state index contributed by atoms with van der Waals surface area (Å²) < 4.78 is 5.84. The Kier molecular flexibility index (Phi) is 10.7. The summed E-state index contributed by atoms with van der Waals surface area (Å²) in [5.41, 5.74) is 0.557. The maximum atomic E-state index is 12.5. The van der Waals surface area contributed by atoms with Crippen molar-refractivity contribution in [2.24, 2.45) is 0 Å². The number of hydrogen-bond acceptors (Lipinski definition) is 6. The number of para-hydroxylation sites is 1. The van der Waals surface area contributed by atoms with E-state index in [0.29, 0.717) is 23.1 Å². The van der Waals surface area contributed by atoms with Gasteiger partial charge in [-0.1, -0.05) is 90.0 Å². The van der Waals surface area contributed by atoms with E-state index in [2.05, 4.69) is 32.9 Å². The van der Waals surface area contributed by atoms with Crippen LogP contribution in [0.2, 0.25) is 0 Å². The van der Waals surface area contributed by atoms with Crippen LogP contribution in [0.15, 0.2) is 33.5 Å². The highest BCUT2D eigenvalue weighted by Gasteiger charge is 2.14. The fraction of sp³-hybridized carbons (Fsp3) is 0.577. The van der Waals surface area contributed by atoms with Crippen LogP contribution in [0.5, 0.6) is 0 Å². The molecule has 0 fully saturated rings. The van der Waals surface area contributed by atoms with E-state index in [-0.39, 0.29) is 22.9 Å². The van der Waals surface area contributed by atoms with Gasteiger partial charge in [-0.05, 0) is 23.8 Å². The van der Waals surface area contributed by atoms with Crippen molar-refractivity contribution in [1.29, 1.82) is 0 Å². The smallest absolute Gasteiger partial charge is 0.239 e. The first-order valence-corrected chi connectivity index (χ1v) is 12.8. The van der Waals surface area contributed by atoms with E-state index in [9.17, 15) is 9.59 Å². The molecule has 3 rings (SSSR count). The van der Waals surface area contributed by atoms with Gasteiger partial charge in [0, 0.05) is 12.5 Å². The van der Waals surface area contributed by atoms with E-state index in [0.717, 1.165) is 12.8 Å². The molecule has 0 radical (unpaired) electrons. The van der Waals surface area contributed by atoms with Crippen LogP contribution in [0, 0.1) is 0 Å². The average molecular weight is 468 g/mol. The third-order valence-corrected chi connectivity index (χ3v) is 6.10. The summed E-state index contributed by atoms with van der Waals surface area (Å²) in [4.78, 5) is 25.0. The van der Waals surface area contributed by atoms with Crippen molar-refractivity contribution in [3.05, 3.63) is 34.5 Å². The Morgan fingerprint density at radius 1 is 0.941 bits per heavy atom. The van der Waals surface area contributed by atoms with Crippen LogP contribution < -0.4 is 10.7 Å². The highest BCUT2D eigenvalue weighted by molar-refractivity contribution is 5.99. The van der Waals surface area contributed by atoms with Gasteiger partial charge in [0.1, 0.15) is 0 Å². The number of aromatic amines is 1. The molecule has 8 heteroatoms. The molecule has 0 saturated heterocycles. The van der Waals surface area contributed by atoms with Crippen molar-refractivity contribution in [3.8, 4) is 11.6 Å². The Hall–Kier alpha value is -3.03. The summed E-state index contributed by atoms with van der Waals surface area (Å²) in [5, 5.41) is 16.8. The molecule has 184 valence electrons. The van der Waals surface area contributed by atoms with Crippen molar-refractivity contribution < 1.29 is 9.21 Å². The molecule has 1 amide bonds. The number of carbonyl (C=O) groups is 1.